The van der Waals surface area contributed by atoms with E-state index in [4.69, 9.17) is 0 Å². The molecule has 94 valence electrons. The van der Waals surface area contributed by atoms with E-state index in [-0.39, 0.29) is 29.6 Å². The van der Waals surface area contributed by atoms with Crippen LogP contribution in [0.4, 0.5) is 11.5 Å². The van der Waals surface area contributed by atoms with E-state index in [1.807, 2.05) is 20.8 Å². The Bertz CT molecular complexity index is 401. The van der Waals surface area contributed by atoms with E-state index < -0.39 is 4.92 Å². The third kappa shape index (κ3) is 3.39. The second kappa shape index (κ2) is 5.09. The highest BCUT2D eigenvalue weighted by Gasteiger charge is 2.26. The van der Waals surface area contributed by atoms with Gasteiger partial charge in [-0.3, -0.25) is 10.1 Å². The van der Waals surface area contributed by atoms with Crippen molar-refractivity contribution < 1.29 is 10.0 Å². The molecule has 6 heteroatoms. The van der Waals surface area contributed by atoms with Crippen LogP contribution in [0.3, 0.4) is 0 Å². The molecule has 0 aliphatic carbocycles. The topological polar surface area (TPSA) is 88.3 Å². The van der Waals surface area contributed by atoms with Gasteiger partial charge in [0.2, 0.25) is 5.82 Å². The number of aromatic nitrogens is 1. The fourth-order valence-electron chi connectivity index (χ4n) is 1.36. The lowest BCUT2D eigenvalue weighted by molar-refractivity contribution is -0.384. The van der Waals surface area contributed by atoms with E-state index >= 15 is 0 Å². The zero-order valence-corrected chi connectivity index (χ0v) is 10.2. The van der Waals surface area contributed by atoms with Gasteiger partial charge in [0.05, 0.1) is 17.6 Å². The molecule has 0 spiro atoms. The molecule has 0 bridgehead atoms. The normalized spacial score (nSPS) is 13.2. The van der Waals surface area contributed by atoms with Gasteiger partial charge in [-0.1, -0.05) is 20.8 Å². The highest BCUT2D eigenvalue weighted by atomic mass is 16.6. The van der Waals surface area contributed by atoms with Crippen molar-refractivity contribution in [1.29, 1.82) is 0 Å². The number of nitrogens with zero attached hydrogens (tertiary/aromatic N) is 2. The number of aliphatic hydroxyl groups is 1. The third-order valence-corrected chi connectivity index (χ3v) is 2.52. The van der Waals surface area contributed by atoms with Gasteiger partial charge in [-0.2, -0.15) is 0 Å². The Balaban J connectivity index is 2.98. The van der Waals surface area contributed by atoms with Crippen LogP contribution in [-0.2, 0) is 0 Å². The maximum atomic E-state index is 10.8. The van der Waals surface area contributed by atoms with Crippen molar-refractivity contribution in [3.8, 4) is 0 Å². The Hall–Kier alpha value is -1.69. The predicted molar refractivity (Wildman–Crippen MR) is 64.8 cm³/mol. The number of anilines is 1. The van der Waals surface area contributed by atoms with E-state index in [0.29, 0.717) is 0 Å². The number of pyridine rings is 1. The van der Waals surface area contributed by atoms with Gasteiger partial charge in [0.1, 0.15) is 0 Å². The number of rotatable bonds is 4. The zero-order valence-electron chi connectivity index (χ0n) is 10.2. The predicted octanol–water partition coefficient (Wildman–Crippen LogP) is 1.81. The van der Waals surface area contributed by atoms with Gasteiger partial charge in [0.25, 0.3) is 0 Å². The largest absolute Gasteiger partial charge is 0.394 e. The summed E-state index contributed by atoms with van der Waals surface area (Å²) in [6.45, 7) is 5.71. The summed E-state index contributed by atoms with van der Waals surface area (Å²) in [4.78, 5) is 14.2. The minimum Gasteiger partial charge on any atom is -0.394 e. The molecule has 1 aromatic heterocycles. The second-order valence-electron chi connectivity index (χ2n) is 4.87. The summed E-state index contributed by atoms with van der Waals surface area (Å²) in [6, 6.07) is 2.59. The summed E-state index contributed by atoms with van der Waals surface area (Å²) in [6.07, 6.45) is 1.48. The van der Waals surface area contributed by atoms with Crippen LogP contribution in [0.15, 0.2) is 18.3 Å². The van der Waals surface area contributed by atoms with E-state index in [0.717, 1.165) is 0 Å². The summed E-state index contributed by atoms with van der Waals surface area (Å²) in [5.41, 5.74) is -0.310. The molecule has 0 fully saturated rings. The van der Waals surface area contributed by atoms with Crippen molar-refractivity contribution in [3.05, 3.63) is 28.4 Å². The van der Waals surface area contributed by atoms with E-state index in [2.05, 4.69) is 10.3 Å². The molecule has 0 aliphatic rings. The SMILES string of the molecule is CC(C)(C)[C@@H](CO)Nc1ncccc1[N+](=O)[O-]. The van der Waals surface area contributed by atoms with Gasteiger partial charge in [0.15, 0.2) is 0 Å². The third-order valence-electron chi connectivity index (χ3n) is 2.52. The lowest BCUT2D eigenvalue weighted by Crippen LogP contribution is -2.37. The first-order chi connectivity index (χ1) is 7.86. The molecule has 0 aromatic carbocycles. The zero-order chi connectivity index (χ0) is 13.1. The second-order valence-corrected chi connectivity index (χ2v) is 4.87. The van der Waals surface area contributed by atoms with Gasteiger partial charge < -0.3 is 10.4 Å². The molecule has 0 radical (unpaired) electrons. The van der Waals surface area contributed by atoms with Crippen molar-refractivity contribution in [2.24, 2.45) is 5.41 Å². The summed E-state index contributed by atoms with van der Waals surface area (Å²) in [7, 11) is 0. The monoisotopic (exact) mass is 239 g/mol. The van der Waals surface area contributed by atoms with Crippen molar-refractivity contribution in [3.63, 3.8) is 0 Å². The fourth-order valence-corrected chi connectivity index (χ4v) is 1.36. The van der Waals surface area contributed by atoms with Crippen molar-refractivity contribution in [1.82, 2.24) is 4.98 Å². The Kier molecular flexibility index (Phi) is 4.01. The highest BCUT2D eigenvalue weighted by molar-refractivity contribution is 5.55. The first kappa shape index (κ1) is 13.4. The van der Waals surface area contributed by atoms with Crippen LogP contribution in [0.5, 0.6) is 0 Å². The summed E-state index contributed by atoms with van der Waals surface area (Å²) in [5.74, 6) is 0.187. The van der Waals surface area contributed by atoms with Crippen LogP contribution in [0.2, 0.25) is 0 Å². The standard InChI is InChI=1S/C11H17N3O3/c1-11(2,3)9(7-15)13-10-8(14(16)17)5-4-6-12-10/h4-6,9,15H,7H2,1-3H3,(H,12,13)/t9-/m1/s1. The lowest BCUT2D eigenvalue weighted by atomic mass is 9.87. The Morgan fingerprint density at radius 2 is 2.24 bits per heavy atom. The van der Waals surface area contributed by atoms with Gasteiger partial charge in [-0.05, 0) is 11.5 Å². The molecular weight excluding hydrogens is 222 g/mol. The molecule has 1 rings (SSSR count). The van der Waals surface area contributed by atoms with E-state index in [9.17, 15) is 15.2 Å². The van der Waals surface area contributed by atoms with E-state index in [1.54, 1.807) is 0 Å². The van der Waals surface area contributed by atoms with Gasteiger partial charge in [-0.15, -0.1) is 0 Å². The quantitative estimate of drug-likeness (QED) is 0.618. The molecule has 1 heterocycles. The van der Waals surface area contributed by atoms with Crippen LogP contribution in [0, 0.1) is 15.5 Å². The summed E-state index contributed by atoms with van der Waals surface area (Å²) in [5, 5.41) is 23.0. The molecule has 1 aromatic rings. The number of hydrogen-bond donors (Lipinski definition) is 2. The Morgan fingerprint density at radius 3 is 2.71 bits per heavy atom. The fraction of sp³-hybridized carbons (Fsp3) is 0.545. The Labute approximate surface area is 99.8 Å². The van der Waals surface area contributed by atoms with Crippen molar-refractivity contribution in [2.45, 2.75) is 26.8 Å². The summed E-state index contributed by atoms with van der Waals surface area (Å²) >= 11 is 0. The van der Waals surface area contributed by atoms with Crippen LogP contribution in [0.1, 0.15) is 20.8 Å². The first-order valence-corrected chi connectivity index (χ1v) is 5.33. The van der Waals surface area contributed by atoms with E-state index in [1.165, 1.54) is 18.3 Å². The smallest absolute Gasteiger partial charge is 0.311 e. The molecule has 1 atom stereocenters. The molecule has 0 unspecified atom stereocenters. The van der Waals surface area contributed by atoms with Crippen molar-refractivity contribution in [2.75, 3.05) is 11.9 Å². The first-order valence-electron chi connectivity index (χ1n) is 5.33. The maximum Gasteiger partial charge on any atom is 0.311 e. The average Bonchev–Trinajstić information content (AvgIpc) is 2.24. The van der Waals surface area contributed by atoms with Crippen LogP contribution < -0.4 is 5.32 Å². The molecule has 0 saturated heterocycles. The lowest BCUT2D eigenvalue weighted by Gasteiger charge is -2.29. The summed E-state index contributed by atoms with van der Waals surface area (Å²) < 4.78 is 0. The minimum atomic E-state index is -0.494. The van der Waals surface area contributed by atoms with Gasteiger partial charge >= 0.3 is 5.69 Å². The molecular formula is C11H17N3O3. The van der Waals surface area contributed by atoms with Crippen LogP contribution in [-0.4, -0.2) is 27.7 Å². The van der Waals surface area contributed by atoms with Crippen molar-refractivity contribution >= 4 is 11.5 Å². The van der Waals surface area contributed by atoms with Gasteiger partial charge in [0, 0.05) is 12.3 Å². The molecule has 0 amide bonds. The maximum absolute atomic E-state index is 10.8. The Morgan fingerprint density at radius 1 is 1.59 bits per heavy atom. The number of hydrogen-bond acceptors (Lipinski definition) is 5. The highest BCUT2D eigenvalue weighted by Crippen LogP contribution is 2.26. The molecule has 0 saturated carbocycles. The number of nitro groups is 1. The molecule has 6 nitrogen and oxygen atoms in total. The van der Waals surface area contributed by atoms with Gasteiger partial charge in [-0.25, -0.2) is 4.98 Å². The molecule has 17 heavy (non-hydrogen) atoms. The molecule has 2 N–H and O–H groups in total. The number of nitrogens with one attached hydrogen (secondary N) is 1. The number of aliphatic hydroxyl groups excluding tert-OH is 1. The molecule has 0 aliphatic heterocycles. The van der Waals surface area contributed by atoms with Crippen LogP contribution >= 0.6 is 0 Å². The minimum absolute atomic E-state index is 0.0878. The van der Waals surface area contributed by atoms with Crippen LogP contribution in [0.25, 0.3) is 0 Å². The average molecular weight is 239 g/mol.